The van der Waals surface area contributed by atoms with Gasteiger partial charge in [0, 0.05) is 0 Å². The topological polar surface area (TPSA) is 26.3 Å². The number of carbonyl (C=O) groups excluding carboxylic acids is 1. The van der Waals surface area contributed by atoms with Crippen LogP contribution in [0.4, 0.5) is 0 Å². The minimum atomic E-state index is -0.374. The molecule has 0 heterocycles. The van der Waals surface area contributed by atoms with E-state index in [2.05, 4.69) is 18.8 Å². The number of esters is 1. The van der Waals surface area contributed by atoms with Crippen LogP contribution in [0.5, 0.6) is 0 Å². The molecule has 4 heteroatoms. The monoisotopic (exact) mass is 358 g/mol. The van der Waals surface area contributed by atoms with Gasteiger partial charge in [0.2, 0.25) is 0 Å². The molecule has 0 aromatic carbocycles. The molecule has 0 aromatic heterocycles. The summed E-state index contributed by atoms with van der Waals surface area (Å²) in [5.74, 6) is 4.91. The molecule has 0 rings (SSSR count). The first-order valence-corrected chi connectivity index (χ1v) is 6.86. The molecule has 0 amide bonds. The number of halogens is 1. The Labute approximate surface area is 113 Å². The summed E-state index contributed by atoms with van der Waals surface area (Å²) in [5, 5.41) is 1.24. The van der Waals surface area contributed by atoms with Crippen LogP contribution in [-0.2, 0) is 27.8 Å². The van der Waals surface area contributed by atoms with Crippen LogP contribution in [0.15, 0.2) is 0 Å². The smallest absolute Gasteiger partial charge is 1.00 e. The van der Waals surface area contributed by atoms with E-state index in [0.29, 0.717) is 6.61 Å². The Kier molecular flexibility index (Phi) is 16.1. The molecule has 0 atom stereocenters. The number of rotatable bonds is 5. The van der Waals surface area contributed by atoms with Crippen LogP contribution in [-0.4, -0.2) is 12.6 Å². The second-order valence-corrected chi connectivity index (χ2v) is 4.23. The summed E-state index contributed by atoms with van der Waals surface area (Å²) < 4.78 is 4.86. The van der Waals surface area contributed by atoms with Gasteiger partial charge in [-0.05, 0) is 0 Å². The molecule has 0 N–H and O–H groups in total. The van der Waals surface area contributed by atoms with Gasteiger partial charge in [0.05, 0.1) is 0 Å². The maximum Gasteiger partial charge on any atom is -1.00 e. The van der Waals surface area contributed by atoms with Crippen molar-refractivity contribution in [3.05, 3.63) is 0 Å². The fourth-order valence-electron chi connectivity index (χ4n) is 0.693. The number of unbranched alkanes of at least 4 members (excludes halogenated alkanes) is 2. The molecule has 0 aliphatic rings. The molecular weight excluding hydrogens is 344 g/mol. The molecule has 14 heavy (non-hydrogen) atoms. The number of ether oxygens (including phenoxy) is 1. The van der Waals surface area contributed by atoms with Crippen LogP contribution in [0, 0.1) is 11.8 Å². The van der Waals surface area contributed by atoms with E-state index in [9.17, 15) is 4.79 Å². The van der Waals surface area contributed by atoms with Gasteiger partial charge in [-0.2, -0.15) is 0 Å². The maximum atomic E-state index is 10.9. The first-order chi connectivity index (χ1) is 6.31. The number of hydrogen-bond acceptors (Lipinski definition) is 2. The molecule has 0 unspecified atom stereocenters. The summed E-state index contributed by atoms with van der Waals surface area (Å²) in [5.41, 5.74) is 0. The molecule has 0 radical (unpaired) electrons. The van der Waals surface area contributed by atoms with Gasteiger partial charge in [0.25, 0.3) is 0 Å². The molecule has 0 aromatic rings. The van der Waals surface area contributed by atoms with Crippen LogP contribution >= 0.6 is 0 Å². The molecule has 0 aliphatic carbocycles. The van der Waals surface area contributed by atoms with Crippen molar-refractivity contribution in [2.24, 2.45) is 0 Å². The van der Waals surface area contributed by atoms with Crippen LogP contribution in [0.1, 0.15) is 32.6 Å². The fourth-order valence-corrected chi connectivity index (χ4v) is 1.22. The Morgan fingerprint density at radius 2 is 2.14 bits per heavy atom. The SMILES string of the molecule is CCCCOC(=O)C#CCC[CH2][Zn+].[I-]. The van der Waals surface area contributed by atoms with E-state index >= 15 is 0 Å². The third-order valence-electron chi connectivity index (χ3n) is 1.47. The van der Waals surface area contributed by atoms with E-state index < -0.39 is 0 Å². The summed E-state index contributed by atoms with van der Waals surface area (Å²) in [6, 6.07) is 0. The van der Waals surface area contributed by atoms with Crippen molar-refractivity contribution >= 4 is 5.97 Å². The maximum absolute atomic E-state index is 10.9. The van der Waals surface area contributed by atoms with E-state index in [1.165, 1.54) is 23.3 Å². The van der Waals surface area contributed by atoms with Gasteiger partial charge in [0.1, 0.15) is 0 Å². The predicted octanol–water partition coefficient (Wildman–Crippen LogP) is -0.918. The Balaban J connectivity index is 0. The zero-order valence-corrected chi connectivity index (χ0v) is 13.8. The van der Waals surface area contributed by atoms with E-state index in [-0.39, 0.29) is 29.9 Å². The van der Waals surface area contributed by atoms with Crippen LogP contribution in [0.25, 0.3) is 0 Å². The average molecular weight is 360 g/mol. The summed E-state index contributed by atoms with van der Waals surface area (Å²) in [6.45, 7) is 2.56. The van der Waals surface area contributed by atoms with Gasteiger partial charge in [-0.1, -0.05) is 0 Å². The molecule has 0 saturated heterocycles. The summed E-state index contributed by atoms with van der Waals surface area (Å²) in [4.78, 5) is 10.9. The quantitative estimate of drug-likeness (QED) is 0.159. The van der Waals surface area contributed by atoms with Crippen LogP contribution in [0.3, 0.4) is 0 Å². The van der Waals surface area contributed by atoms with Crippen molar-refractivity contribution in [2.45, 2.75) is 37.6 Å². The Hall–Kier alpha value is 0.383. The van der Waals surface area contributed by atoms with Gasteiger partial charge >= 0.3 is 89.9 Å². The molecule has 0 aliphatic heterocycles. The van der Waals surface area contributed by atoms with Crippen LogP contribution < -0.4 is 24.0 Å². The number of carbonyl (C=O) groups is 1. The fraction of sp³-hybridized carbons (Fsp3) is 0.700. The zero-order valence-electron chi connectivity index (χ0n) is 8.64. The van der Waals surface area contributed by atoms with E-state index in [1.807, 2.05) is 0 Å². The van der Waals surface area contributed by atoms with E-state index in [4.69, 9.17) is 4.74 Å². The third-order valence-corrected chi connectivity index (χ3v) is 2.52. The minimum Gasteiger partial charge on any atom is -1.00 e. The average Bonchev–Trinajstić information content (AvgIpc) is 2.13. The second-order valence-electron chi connectivity index (χ2n) is 2.75. The molecule has 2 nitrogen and oxygen atoms in total. The molecular formula is C10H15IO2Zn. The predicted molar refractivity (Wildman–Crippen MR) is 47.7 cm³/mol. The van der Waals surface area contributed by atoms with Gasteiger partial charge < -0.3 is 24.0 Å². The second kappa shape index (κ2) is 13.4. The third kappa shape index (κ3) is 12.4. The van der Waals surface area contributed by atoms with Gasteiger partial charge in [-0.3, -0.25) is 0 Å². The first-order valence-electron chi connectivity index (χ1n) is 4.76. The van der Waals surface area contributed by atoms with Crippen molar-refractivity contribution in [1.29, 1.82) is 0 Å². The molecule has 0 bridgehead atoms. The van der Waals surface area contributed by atoms with E-state index in [1.54, 1.807) is 0 Å². The minimum absolute atomic E-state index is 0. The Morgan fingerprint density at radius 3 is 2.71 bits per heavy atom. The summed E-state index contributed by atoms with van der Waals surface area (Å²) in [6.07, 6.45) is 3.90. The first kappa shape index (κ1) is 16.8. The van der Waals surface area contributed by atoms with Crippen LogP contribution in [0.2, 0.25) is 5.02 Å². The van der Waals surface area contributed by atoms with Crippen molar-refractivity contribution in [3.63, 3.8) is 0 Å². The van der Waals surface area contributed by atoms with Crippen molar-refractivity contribution < 1.29 is 51.8 Å². The Morgan fingerprint density at radius 1 is 1.43 bits per heavy atom. The van der Waals surface area contributed by atoms with Crippen molar-refractivity contribution in [2.75, 3.05) is 6.61 Å². The normalized spacial score (nSPS) is 8.21. The number of hydrogen-bond donors (Lipinski definition) is 0. The molecule has 0 spiro atoms. The van der Waals surface area contributed by atoms with Gasteiger partial charge in [0.15, 0.2) is 0 Å². The van der Waals surface area contributed by atoms with Crippen molar-refractivity contribution in [3.8, 4) is 11.8 Å². The van der Waals surface area contributed by atoms with E-state index in [0.717, 1.165) is 25.7 Å². The molecule has 0 fully saturated rings. The Bertz CT molecular complexity index is 196. The van der Waals surface area contributed by atoms with Gasteiger partial charge in [-0.25, -0.2) is 0 Å². The van der Waals surface area contributed by atoms with Gasteiger partial charge in [-0.15, -0.1) is 0 Å². The molecule has 0 saturated carbocycles. The van der Waals surface area contributed by atoms with Crippen molar-refractivity contribution in [1.82, 2.24) is 0 Å². The standard InChI is InChI=1S/C10H15O2.HI.Zn/c1-3-5-7-8-10(11)12-9-6-4-2;;/h1,3-6,9H2,2H3;1H;/q;;+1/p-1. The zero-order chi connectivity index (χ0) is 9.94. The summed E-state index contributed by atoms with van der Waals surface area (Å²) in [7, 11) is 0. The molecule has 76 valence electrons. The largest absolute Gasteiger partial charge is 1.00 e. The summed E-state index contributed by atoms with van der Waals surface area (Å²) >= 11 is 1.31.